The third kappa shape index (κ3) is 3.39. The minimum atomic E-state index is -0.505. The molecule has 0 aliphatic rings. The molecule has 0 saturated heterocycles. The van der Waals surface area contributed by atoms with Crippen LogP contribution in [0.1, 0.15) is 19.5 Å². The average molecular weight is 387 g/mol. The number of hydrogen-bond donors (Lipinski definition) is 1. The van der Waals surface area contributed by atoms with E-state index < -0.39 is 11.2 Å². The first-order valence-corrected chi connectivity index (χ1v) is 9.29. The van der Waals surface area contributed by atoms with Gasteiger partial charge in [0.2, 0.25) is 11.1 Å². The van der Waals surface area contributed by atoms with Crippen LogP contribution in [0, 0.1) is 12.8 Å². The number of nitrogens with zero attached hydrogens (tertiary/aromatic N) is 6. The Balaban J connectivity index is 2.11. The first-order chi connectivity index (χ1) is 12.8. The normalized spacial score (nSPS) is 12.5. The van der Waals surface area contributed by atoms with E-state index in [1.165, 1.54) is 4.68 Å². The summed E-state index contributed by atoms with van der Waals surface area (Å²) in [6, 6.07) is 9.31. The molecular formula is C17H21N7O2S. The molecule has 27 heavy (non-hydrogen) atoms. The zero-order valence-corrected chi connectivity index (χ0v) is 16.3. The number of para-hydroxylation sites is 1. The average Bonchev–Trinajstić information content (AvgIpc) is 3.15. The number of aromatic nitrogens is 6. The predicted molar refractivity (Wildman–Crippen MR) is 102 cm³/mol. The molecule has 9 nitrogen and oxygen atoms in total. The SMILES string of the molecule is Cc1c(-n2nnnc2SC(C(N)=O)C(C)C)c(=O)n(-c2ccccc2)n1C. The van der Waals surface area contributed by atoms with Gasteiger partial charge in [-0.15, -0.1) is 5.10 Å². The van der Waals surface area contributed by atoms with Crippen molar-refractivity contribution in [2.24, 2.45) is 18.7 Å². The largest absolute Gasteiger partial charge is 0.369 e. The van der Waals surface area contributed by atoms with E-state index in [1.807, 2.05) is 51.1 Å². The molecule has 0 radical (unpaired) electrons. The number of amides is 1. The fourth-order valence-corrected chi connectivity index (χ4v) is 3.75. The molecule has 1 atom stereocenters. The van der Waals surface area contributed by atoms with Gasteiger partial charge in [0.1, 0.15) is 0 Å². The van der Waals surface area contributed by atoms with Gasteiger partial charge in [-0.3, -0.25) is 14.3 Å². The van der Waals surface area contributed by atoms with Crippen LogP contribution in [-0.4, -0.2) is 40.7 Å². The lowest BCUT2D eigenvalue weighted by Crippen LogP contribution is -2.30. The van der Waals surface area contributed by atoms with Gasteiger partial charge in [-0.25, -0.2) is 4.68 Å². The van der Waals surface area contributed by atoms with Gasteiger partial charge < -0.3 is 5.73 Å². The number of rotatable bonds is 6. The van der Waals surface area contributed by atoms with Crippen LogP contribution < -0.4 is 11.3 Å². The van der Waals surface area contributed by atoms with Gasteiger partial charge in [0.15, 0.2) is 5.69 Å². The van der Waals surface area contributed by atoms with E-state index in [9.17, 15) is 9.59 Å². The highest BCUT2D eigenvalue weighted by Crippen LogP contribution is 2.27. The molecule has 2 N–H and O–H groups in total. The minimum absolute atomic E-state index is 0.00417. The summed E-state index contributed by atoms with van der Waals surface area (Å²) in [6.07, 6.45) is 0. The van der Waals surface area contributed by atoms with Crippen molar-refractivity contribution in [2.45, 2.75) is 31.2 Å². The van der Waals surface area contributed by atoms with E-state index in [0.29, 0.717) is 16.5 Å². The molecule has 3 rings (SSSR count). The fourth-order valence-electron chi connectivity index (χ4n) is 2.83. The second kappa shape index (κ2) is 7.39. The smallest absolute Gasteiger partial charge is 0.297 e. The van der Waals surface area contributed by atoms with Crippen LogP contribution >= 0.6 is 11.8 Å². The maximum absolute atomic E-state index is 13.1. The highest BCUT2D eigenvalue weighted by atomic mass is 32.2. The quantitative estimate of drug-likeness (QED) is 0.633. The standard InChI is InChI=1S/C17H21N7O2S/c1-10(2)14(15(18)25)27-17-19-20-21-23(17)13-11(3)22(4)24(16(13)26)12-8-6-5-7-9-12/h5-10,14H,1-4H3,(H2,18,25). The lowest BCUT2D eigenvalue weighted by molar-refractivity contribution is -0.118. The van der Waals surface area contributed by atoms with E-state index in [0.717, 1.165) is 17.4 Å². The van der Waals surface area contributed by atoms with Crippen molar-refractivity contribution in [2.75, 3.05) is 0 Å². The molecule has 0 fully saturated rings. The Morgan fingerprint density at radius 1 is 1.22 bits per heavy atom. The van der Waals surface area contributed by atoms with Gasteiger partial charge >= 0.3 is 0 Å². The second-order valence-electron chi connectivity index (χ2n) is 6.47. The minimum Gasteiger partial charge on any atom is -0.369 e. The summed E-state index contributed by atoms with van der Waals surface area (Å²) in [4.78, 5) is 24.9. The molecule has 142 valence electrons. The number of primary amides is 1. The molecule has 2 aromatic heterocycles. The molecule has 1 aromatic carbocycles. The van der Waals surface area contributed by atoms with Crippen LogP contribution in [0.25, 0.3) is 11.4 Å². The Morgan fingerprint density at radius 3 is 2.48 bits per heavy atom. The van der Waals surface area contributed by atoms with Gasteiger partial charge in [-0.05, 0) is 35.4 Å². The van der Waals surface area contributed by atoms with Crippen LogP contribution in [0.3, 0.4) is 0 Å². The van der Waals surface area contributed by atoms with Gasteiger partial charge in [-0.2, -0.15) is 4.68 Å². The highest BCUT2D eigenvalue weighted by Gasteiger charge is 2.27. The summed E-state index contributed by atoms with van der Waals surface area (Å²) >= 11 is 1.16. The Labute approximate surface area is 160 Å². The van der Waals surface area contributed by atoms with Gasteiger partial charge in [0, 0.05) is 7.05 Å². The van der Waals surface area contributed by atoms with Gasteiger partial charge in [-0.1, -0.05) is 43.8 Å². The van der Waals surface area contributed by atoms with E-state index in [-0.39, 0.29) is 11.5 Å². The molecule has 0 spiro atoms. The summed E-state index contributed by atoms with van der Waals surface area (Å²) in [5, 5.41) is 11.5. The second-order valence-corrected chi connectivity index (χ2v) is 7.58. The van der Waals surface area contributed by atoms with Crippen LogP contribution in [0.5, 0.6) is 0 Å². The number of hydrogen-bond acceptors (Lipinski definition) is 6. The number of benzene rings is 1. The maximum Gasteiger partial charge on any atom is 0.297 e. The van der Waals surface area contributed by atoms with Crippen molar-refractivity contribution in [3.63, 3.8) is 0 Å². The van der Waals surface area contributed by atoms with Gasteiger partial charge in [0.05, 0.1) is 16.6 Å². The number of carbonyl (C=O) groups excluding carboxylic acids is 1. The number of nitrogens with two attached hydrogens (primary N) is 1. The third-order valence-electron chi connectivity index (χ3n) is 4.29. The van der Waals surface area contributed by atoms with Crippen LogP contribution in [0.15, 0.2) is 40.3 Å². The van der Waals surface area contributed by atoms with Crippen molar-refractivity contribution < 1.29 is 4.79 Å². The van der Waals surface area contributed by atoms with E-state index in [1.54, 1.807) is 16.4 Å². The van der Waals surface area contributed by atoms with E-state index >= 15 is 0 Å². The maximum atomic E-state index is 13.1. The van der Waals surface area contributed by atoms with Crippen molar-refractivity contribution in [1.29, 1.82) is 0 Å². The van der Waals surface area contributed by atoms with Crippen LogP contribution in [0.2, 0.25) is 0 Å². The molecule has 0 bridgehead atoms. The summed E-state index contributed by atoms with van der Waals surface area (Å²) < 4.78 is 4.67. The van der Waals surface area contributed by atoms with Crippen molar-refractivity contribution >= 4 is 17.7 Å². The monoisotopic (exact) mass is 387 g/mol. The summed E-state index contributed by atoms with van der Waals surface area (Å²) in [7, 11) is 1.80. The van der Waals surface area contributed by atoms with Crippen molar-refractivity contribution in [3.05, 3.63) is 46.4 Å². The lowest BCUT2D eigenvalue weighted by atomic mass is 10.1. The highest BCUT2D eigenvalue weighted by molar-refractivity contribution is 8.00. The molecule has 0 aliphatic heterocycles. The molecule has 0 aliphatic carbocycles. The zero-order chi connectivity index (χ0) is 19.7. The van der Waals surface area contributed by atoms with E-state index in [4.69, 9.17) is 5.73 Å². The summed E-state index contributed by atoms with van der Waals surface area (Å²) in [5.41, 5.74) is 7.01. The molecule has 1 unspecified atom stereocenters. The van der Waals surface area contributed by atoms with Crippen molar-refractivity contribution in [1.82, 2.24) is 29.6 Å². The predicted octanol–water partition coefficient (Wildman–Crippen LogP) is 1.06. The van der Waals surface area contributed by atoms with Crippen LogP contribution in [-0.2, 0) is 11.8 Å². The lowest BCUT2D eigenvalue weighted by Gasteiger charge is -2.15. The first-order valence-electron chi connectivity index (χ1n) is 8.41. The van der Waals surface area contributed by atoms with Crippen molar-refractivity contribution in [3.8, 4) is 11.4 Å². The van der Waals surface area contributed by atoms with Crippen LogP contribution in [0.4, 0.5) is 0 Å². The number of carbonyl (C=O) groups is 1. The Hall–Kier alpha value is -2.88. The van der Waals surface area contributed by atoms with E-state index in [2.05, 4.69) is 15.5 Å². The number of thioether (sulfide) groups is 1. The first kappa shape index (κ1) is 18.9. The zero-order valence-electron chi connectivity index (χ0n) is 15.5. The Morgan fingerprint density at radius 2 is 1.89 bits per heavy atom. The molecular weight excluding hydrogens is 366 g/mol. The topological polar surface area (TPSA) is 114 Å². The van der Waals surface area contributed by atoms with Gasteiger partial charge in [0.25, 0.3) is 5.56 Å². The molecule has 10 heteroatoms. The molecule has 3 aromatic rings. The molecule has 2 heterocycles. The fraction of sp³-hybridized carbons (Fsp3) is 0.353. The Kier molecular flexibility index (Phi) is 5.17. The Bertz CT molecular complexity index is 1020. The number of tetrazole rings is 1. The summed E-state index contributed by atoms with van der Waals surface area (Å²) in [6.45, 7) is 5.61. The summed E-state index contributed by atoms with van der Waals surface area (Å²) in [5.74, 6) is -0.452. The molecule has 1 amide bonds. The third-order valence-corrected chi connectivity index (χ3v) is 5.79. The molecule has 0 saturated carbocycles.